The maximum atomic E-state index is 12.6. The van der Waals surface area contributed by atoms with Crippen LogP contribution in [0.2, 0.25) is 0 Å². The highest BCUT2D eigenvalue weighted by molar-refractivity contribution is 5.97. The van der Waals surface area contributed by atoms with Crippen molar-refractivity contribution >= 4 is 17.5 Å². The third-order valence-electron chi connectivity index (χ3n) is 5.01. The predicted molar refractivity (Wildman–Crippen MR) is 95.0 cm³/mol. The molecule has 4 rings (SSSR count). The van der Waals surface area contributed by atoms with E-state index < -0.39 is 0 Å². The van der Waals surface area contributed by atoms with Gasteiger partial charge in [-0.25, -0.2) is 4.98 Å². The van der Waals surface area contributed by atoms with Gasteiger partial charge in [-0.15, -0.1) is 0 Å². The van der Waals surface area contributed by atoms with Crippen LogP contribution in [0, 0.1) is 5.92 Å². The Morgan fingerprint density at radius 1 is 1.24 bits per heavy atom. The van der Waals surface area contributed by atoms with Crippen molar-refractivity contribution in [3.8, 4) is 11.3 Å². The van der Waals surface area contributed by atoms with Gasteiger partial charge in [0.05, 0.1) is 17.3 Å². The zero-order chi connectivity index (χ0) is 17.2. The number of hydrogen-bond donors (Lipinski definition) is 2. The van der Waals surface area contributed by atoms with Crippen molar-refractivity contribution < 1.29 is 9.59 Å². The number of aryl methyl sites for hydroxylation is 2. The number of rotatable bonds is 3. The first kappa shape index (κ1) is 15.9. The molecule has 2 aromatic rings. The second-order valence-corrected chi connectivity index (χ2v) is 6.77. The van der Waals surface area contributed by atoms with E-state index in [9.17, 15) is 9.59 Å². The van der Waals surface area contributed by atoms with Crippen LogP contribution in [0.25, 0.3) is 11.3 Å². The SMILES string of the molecule is O=C1CCC(C(=O)Nc2ccccc2-c2cn3c(n2)CCCC3)CN1. The molecule has 1 saturated heterocycles. The lowest BCUT2D eigenvalue weighted by Crippen LogP contribution is -2.40. The van der Waals surface area contributed by atoms with Crippen LogP contribution in [0.5, 0.6) is 0 Å². The zero-order valence-electron chi connectivity index (χ0n) is 14.1. The Morgan fingerprint density at radius 2 is 2.12 bits per heavy atom. The number of nitrogens with one attached hydrogen (secondary N) is 2. The number of imidazole rings is 1. The Kier molecular flexibility index (Phi) is 4.26. The van der Waals surface area contributed by atoms with E-state index in [-0.39, 0.29) is 17.7 Å². The highest BCUT2D eigenvalue weighted by atomic mass is 16.2. The summed E-state index contributed by atoms with van der Waals surface area (Å²) in [6.45, 7) is 1.42. The molecule has 0 saturated carbocycles. The summed E-state index contributed by atoms with van der Waals surface area (Å²) in [4.78, 5) is 28.6. The Balaban J connectivity index is 1.56. The molecule has 6 heteroatoms. The average molecular weight is 338 g/mol. The van der Waals surface area contributed by atoms with Crippen molar-refractivity contribution in [1.29, 1.82) is 0 Å². The third kappa shape index (κ3) is 3.29. The largest absolute Gasteiger partial charge is 0.355 e. The Labute approximate surface area is 146 Å². The standard InChI is InChI=1S/C19H22N4O2/c24-18-9-8-13(11-20-18)19(25)22-15-6-2-1-5-14(15)16-12-23-10-4-3-7-17(23)21-16/h1-2,5-6,12-13H,3-4,7-11H2,(H,20,24)(H,22,25). The smallest absolute Gasteiger partial charge is 0.229 e. The molecule has 2 amide bonds. The van der Waals surface area contributed by atoms with Gasteiger partial charge in [0.25, 0.3) is 0 Å². The molecule has 6 nitrogen and oxygen atoms in total. The van der Waals surface area contributed by atoms with Gasteiger partial charge in [0.15, 0.2) is 0 Å². The van der Waals surface area contributed by atoms with Crippen molar-refractivity contribution in [2.45, 2.75) is 38.6 Å². The van der Waals surface area contributed by atoms with E-state index in [1.54, 1.807) is 0 Å². The van der Waals surface area contributed by atoms with Gasteiger partial charge in [0.2, 0.25) is 11.8 Å². The Morgan fingerprint density at radius 3 is 2.92 bits per heavy atom. The second-order valence-electron chi connectivity index (χ2n) is 6.77. The number of nitrogens with zero attached hydrogens (tertiary/aromatic N) is 2. The first-order chi connectivity index (χ1) is 12.2. The molecule has 1 aromatic heterocycles. The summed E-state index contributed by atoms with van der Waals surface area (Å²) in [5, 5.41) is 5.80. The minimum Gasteiger partial charge on any atom is -0.355 e. The highest BCUT2D eigenvalue weighted by Crippen LogP contribution is 2.29. The first-order valence-corrected chi connectivity index (χ1v) is 8.94. The molecule has 2 aliphatic heterocycles. The minimum absolute atomic E-state index is 0.0213. The van der Waals surface area contributed by atoms with E-state index in [1.807, 2.05) is 24.3 Å². The Bertz CT molecular complexity index is 778. The monoisotopic (exact) mass is 338 g/mol. The van der Waals surface area contributed by atoms with Crippen LogP contribution in [0.15, 0.2) is 30.5 Å². The molecule has 3 heterocycles. The van der Waals surface area contributed by atoms with Crippen molar-refractivity contribution in [2.75, 3.05) is 11.9 Å². The molecular formula is C19H22N4O2. The number of para-hydroxylation sites is 1. The lowest BCUT2D eigenvalue weighted by Gasteiger charge is -2.22. The highest BCUT2D eigenvalue weighted by Gasteiger charge is 2.25. The van der Waals surface area contributed by atoms with Crippen LogP contribution in [0.4, 0.5) is 5.69 Å². The molecule has 1 atom stereocenters. The fourth-order valence-corrected chi connectivity index (χ4v) is 3.55. The number of anilines is 1. The normalized spacial score (nSPS) is 19.8. The van der Waals surface area contributed by atoms with E-state index in [4.69, 9.17) is 4.98 Å². The maximum Gasteiger partial charge on any atom is 0.229 e. The molecule has 0 aliphatic carbocycles. The number of amides is 2. The van der Waals surface area contributed by atoms with E-state index in [2.05, 4.69) is 21.4 Å². The molecule has 1 fully saturated rings. The van der Waals surface area contributed by atoms with Crippen LogP contribution in [0.3, 0.4) is 0 Å². The molecule has 0 spiro atoms. The van der Waals surface area contributed by atoms with Crippen molar-refractivity contribution in [2.24, 2.45) is 5.92 Å². The number of carbonyl (C=O) groups excluding carboxylic acids is 2. The minimum atomic E-state index is -0.180. The summed E-state index contributed by atoms with van der Waals surface area (Å²) in [6, 6.07) is 7.78. The number of benzene rings is 1. The van der Waals surface area contributed by atoms with Gasteiger partial charge in [-0.2, -0.15) is 0 Å². The third-order valence-corrected chi connectivity index (χ3v) is 5.01. The van der Waals surface area contributed by atoms with Gasteiger partial charge in [-0.05, 0) is 25.3 Å². The van der Waals surface area contributed by atoms with Gasteiger partial charge < -0.3 is 15.2 Å². The summed E-state index contributed by atoms with van der Waals surface area (Å²) in [6.07, 6.45) is 6.47. The number of hydrogen-bond acceptors (Lipinski definition) is 3. The average Bonchev–Trinajstić information content (AvgIpc) is 3.06. The summed E-state index contributed by atoms with van der Waals surface area (Å²) >= 11 is 0. The van der Waals surface area contributed by atoms with Crippen LogP contribution in [-0.2, 0) is 22.6 Å². The lowest BCUT2D eigenvalue weighted by molar-refractivity contribution is -0.126. The second kappa shape index (κ2) is 6.70. The predicted octanol–water partition coefficient (Wildman–Crippen LogP) is 2.35. The molecule has 0 radical (unpaired) electrons. The fraction of sp³-hybridized carbons (Fsp3) is 0.421. The quantitative estimate of drug-likeness (QED) is 0.902. The van der Waals surface area contributed by atoms with Crippen LogP contribution < -0.4 is 10.6 Å². The van der Waals surface area contributed by atoms with Gasteiger partial charge in [-0.3, -0.25) is 9.59 Å². The molecule has 1 aromatic carbocycles. The van der Waals surface area contributed by atoms with E-state index >= 15 is 0 Å². The van der Waals surface area contributed by atoms with Gasteiger partial charge in [0, 0.05) is 37.7 Å². The molecule has 0 bridgehead atoms. The molecule has 2 aliphatic rings. The van der Waals surface area contributed by atoms with Gasteiger partial charge >= 0.3 is 0 Å². The van der Waals surface area contributed by atoms with Gasteiger partial charge in [-0.1, -0.05) is 18.2 Å². The maximum absolute atomic E-state index is 12.6. The lowest BCUT2D eigenvalue weighted by atomic mass is 9.98. The number of carbonyl (C=O) groups is 2. The zero-order valence-corrected chi connectivity index (χ0v) is 14.1. The molecular weight excluding hydrogens is 316 g/mol. The first-order valence-electron chi connectivity index (χ1n) is 8.94. The van der Waals surface area contributed by atoms with E-state index in [0.29, 0.717) is 19.4 Å². The van der Waals surface area contributed by atoms with Crippen LogP contribution in [0.1, 0.15) is 31.5 Å². The number of piperidine rings is 1. The Hall–Kier alpha value is -2.63. The topological polar surface area (TPSA) is 76.0 Å². The van der Waals surface area contributed by atoms with E-state index in [1.165, 1.54) is 12.8 Å². The summed E-state index contributed by atoms with van der Waals surface area (Å²) in [7, 11) is 0. The van der Waals surface area contributed by atoms with Crippen LogP contribution >= 0.6 is 0 Å². The van der Waals surface area contributed by atoms with Crippen molar-refractivity contribution in [3.05, 3.63) is 36.3 Å². The van der Waals surface area contributed by atoms with Crippen molar-refractivity contribution in [1.82, 2.24) is 14.9 Å². The molecule has 25 heavy (non-hydrogen) atoms. The number of aromatic nitrogens is 2. The molecule has 1 unspecified atom stereocenters. The fourth-order valence-electron chi connectivity index (χ4n) is 3.55. The van der Waals surface area contributed by atoms with Gasteiger partial charge in [0.1, 0.15) is 5.82 Å². The summed E-state index contributed by atoms with van der Waals surface area (Å²) in [5.41, 5.74) is 2.63. The molecule has 2 N–H and O–H groups in total. The van der Waals surface area contributed by atoms with E-state index in [0.717, 1.165) is 35.7 Å². The van der Waals surface area contributed by atoms with Crippen LogP contribution in [-0.4, -0.2) is 27.9 Å². The summed E-state index contributed by atoms with van der Waals surface area (Å²) < 4.78 is 2.22. The molecule has 130 valence electrons. The summed E-state index contributed by atoms with van der Waals surface area (Å²) in [5.74, 6) is 0.919. The number of fused-ring (bicyclic) bond motifs is 1. The van der Waals surface area contributed by atoms with Crippen molar-refractivity contribution in [3.63, 3.8) is 0 Å².